The van der Waals surface area contributed by atoms with Crippen LogP contribution in [0.3, 0.4) is 0 Å². The highest BCUT2D eigenvalue weighted by Crippen LogP contribution is 2.25. The summed E-state index contributed by atoms with van der Waals surface area (Å²) < 4.78 is 0.807. The van der Waals surface area contributed by atoms with Gasteiger partial charge in [-0.05, 0) is 48.8 Å². The lowest BCUT2D eigenvalue weighted by molar-refractivity contribution is 0.884. The molecule has 90 valence electrons. The monoisotopic (exact) mass is 311 g/mol. The van der Waals surface area contributed by atoms with Gasteiger partial charge < -0.3 is 5.32 Å². The highest BCUT2D eigenvalue weighted by atomic mass is 79.9. The Balaban J connectivity index is 2.15. The summed E-state index contributed by atoms with van der Waals surface area (Å²) in [6.07, 6.45) is 0. The Labute approximate surface area is 113 Å². The molecule has 0 fully saturated rings. The number of aromatic nitrogens is 2. The number of thiophene rings is 1. The molecule has 0 aliphatic carbocycles. The molecule has 0 bridgehead atoms. The van der Waals surface area contributed by atoms with Crippen molar-refractivity contribution in [3.8, 4) is 0 Å². The van der Waals surface area contributed by atoms with E-state index in [0.717, 1.165) is 16.2 Å². The van der Waals surface area contributed by atoms with Gasteiger partial charge in [0.25, 0.3) is 0 Å². The lowest BCUT2D eigenvalue weighted by Crippen LogP contribution is -2.07. The molecule has 17 heavy (non-hydrogen) atoms. The van der Waals surface area contributed by atoms with Gasteiger partial charge in [0, 0.05) is 15.8 Å². The van der Waals surface area contributed by atoms with E-state index in [1.165, 1.54) is 9.75 Å². The van der Waals surface area contributed by atoms with Crippen LogP contribution in [0.15, 0.2) is 22.8 Å². The Hall–Kier alpha value is -0.940. The number of halogens is 1. The Morgan fingerprint density at radius 2 is 2.06 bits per heavy atom. The number of hydrogen-bond acceptors (Lipinski definition) is 4. The van der Waals surface area contributed by atoms with Crippen LogP contribution in [0.1, 0.15) is 28.5 Å². The van der Waals surface area contributed by atoms with Gasteiger partial charge in [0.15, 0.2) is 0 Å². The van der Waals surface area contributed by atoms with Gasteiger partial charge in [0.2, 0.25) is 0 Å². The van der Waals surface area contributed by atoms with Gasteiger partial charge in [-0.2, -0.15) is 0 Å². The summed E-state index contributed by atoms with van der Waals surface area (Å²) in [5.41, 5.74) is 0. The van der Waals surface area contributed by atoms with E-state index in [-0.39, 0.29) is 6.04 Å². The minimum Gasteiger partial charge on any atom is -0.363 e. The Morgan fingerprint density at radius 1 is 1.29 bits per heavy atom. The molecule has 0 saturated carbocycles. The van der Waals surface area contributed by atoms with Crippen molar-refractivity contribution >= 4 is 33.1 Å². The van der Waals surface area contributed by atoms with Gasteiger partial charge in [0.1, 0.15) is 16.2 Å². The van der Waals surface area contributed by atoms with Crippen LogP contribution in [0, 0.1) is 13.8 Å². The largest absolute Gasteiger partial charge is 0.363 e. The molecule has 0 saturated heterocycles. The smallest absolute Gasteiger partial charge is 0.131 e. The van der Waals surface area contributed by atoms with E-state index < -0.39 is 0 Å². The van der Waals surface area contributed by atoms with Crippen LogP contribution >= 0.6 is 27.3 Å². The lowest BCUT2D eigenvalue weighted by Gasteiger charge is -2.13. The zero-order valence-electron chi connectivity index (χ0n) is 9.99. The molecular formula is C12H14BrN3S. The maximum atomic E-state index is 4.36. The molecule has 5 heteroatoms. The molecule has 1 unspecified atom stereocenters. The Morgan fingerprint density at radius 3 is 2.65 bits per heavy atom. The van der Waals surface area contributed by atoms with E-state index in [9.17, 15) is 0 Å². The first-order chi connectivity index (χ1) is 8.04. The molecule has 1 atom stereocenters. The number of nitrogens with zero attached hydrogens (tertiary/aromatic N) is 2. The van der Waals surface area contributed by atoms with Crippen LogP contribution in [0.2, 0.25) is 0 Å². The third kappa shape index (κ3) is 3.26. The van der Waals surface area contributed by atoms with Crippen LogP contribution in [-0.2, 0) is 0 Å². The second kappa shape index (κ2) is 5.14. The van der Waals surface area contributed by atoms with Crippen LogP contribution in [0.4, 0.5) is 5.82 Å². The molecule has 2 aromatic heterocycles. The lowest BCUT2D eigenvalue weighted by atomic mass is 10.2. The zero-order valence-corrected chi connectivity index (χ0v) is 12.4. The van der Waals surface area contributed by atoms with E-state index in [2.05, 4.69) is 57.2 Å². The third-order valence-electron chi connectivity index (χ3n) is 2.36. The fourth-order valence-corrected chi connectivity index (χ4v) is 2.94. The third-order valence-corrected chi connectivity index (χ3v) is 3.95. The normalized spacial score (nSPS) is 12.5. The maximum Gasteiger partial charge on any atom is 0.131 e. The van der Waals surface area contributed by atoms with Crippen molar-refractivity contribution in [2.24, 2.45) is 0 Å². The van der Waals surface area contributed by atoms with E-state index in [4.69, 9.17) is 0 Å². The first-order valence-electron chi connectivity index (χ1n) is 5.38. The Kier molecular flexibility index (Phi) is 3.79. The van der Waals surface area contributed by atoms with Crippen LogP contribution < -0.4 is 5.32 Å². The summed E-state index contributed by atoms with van der Waals surface area (Å²) >= 11 is 5.18. The summed E-state index contributed by atoms with van der Waals surface area (Å²) in [5.74, 6) is 1.61. The molecule has 0 aliphatic rings. The summed E-state index contributed by atoms with van der Waals surface area (Å²) in [6, 6.07) is 6.44. The van der Waals surface area contributed by atoms with E-state index in [1.54, 1.807) is 11.3 Å². The van der Waals surface area contributed by atoms with Gasteiger partial charge >= 0.3 is 0 Å². The highest BCUT2D eigenvalue weighted by Gasteiger charge is 2.09. The van der Waals surface area contributed by atoms with Gasteiger partial charge in [-0.15, -0.1) is 11.3 Å². The number of rotatable bonds is 3. The van der Waals surface area contributed by atoms with Crippen molar-refractivity contribution in [1.29, 1.82) is 0 Å². The van der Waals surface area contributed by atoms with E-state index >= 15 is 0 Å². The molecule has 0 amide bonds. The SMILES string of the molecule is Cc1nc(Br)cc(NC(C)c2ccc(C)s2)n1. The van der Waals surface area contributed by atoms with Crippen molar-refractivity contribution in [3.05, 3.63) is 38.4 Å². The van der Waals surface area contributed by atoms with Crippen LogP contribution in [0.5, 0.6) is 0 Å². The number of anilines is 1. The first-order valence-corrected chi connectivity index (χ1v) is 6.99. The predicted octanol–water partition coefficient (Wildman–Crippen LogP) is 4.09. The summed E-state index contributed by atoms with van der Waals surface area (Å²) in [7, 11) is 0. The average molecular weight is 312 g/mol. The van der Waals surface area contributed by atoms with Crippen molar-refractivity contribution in [1.82, 2.24) is 9.97 Å². The molecule has 3 nitrogen and oxygen atoms in total. The number of hydrogen-bond donors (Lipinski definition) is 1. The van der Waals surface area contributed by atoms with Crippen molar-refractivity contribution < 1.29 is 0 Å². The summed E-state index contributed by atoms with van der Waals surface area (Å²) in [6.45, 7) is 6.14. The first kappa shape index (κ1) is 12.5. The minimum atomic E-state index is 0.259. The maximum absolute atomic E-state index is 4.36. The molecular weight excluding hydrogens is 298 g/mol. The number of nitrogens with one attached hydrogen (secondary N) is 1. The molecule has 2 heterocycles. The molecule has 0 radical (unpaired) electrons. The predicted molar refractivity (Wildman–Crippen MR) is 75.6 cm³/mol. The van der Waals surface area contributed by atoms with Crippen molar-refractivity contribution in [2.75, 3.05) is 5.32 Å². The quantitative estimate of drug-likeness (QED) is 0.868. The highest BCUT2D eigenvalue weighted by molar-refractivity contribution is 9.10. The average Bonchev–Trinajstić information content (AvgIpc) is 2.63. The molecule has 2 aromatic rings. The fraction of sp³-hybridized carbons (Fsp3) is 0.333. The molecule has 0 aliphatic heterocycles. The number of aryl methyl sites for hydroxylation is 2. The van der Waals surface area contributed by atoms with Crippen molar-refractivity contribution in [3.63, 3.8) is 0 Å². The fourth-order valence-electron chi connectivity index (χ4n) is 1.58. The topological polar surface area (TPSA) is 37.8 Å². The van der Waals surface area contributed by atoms with E-state index in [0.29, 0.717) is 0 Å². The van der Waals surface area contributed by atoms with Crippen molar-refractivity contribution in [2.45, 2.75) is 26.8 Å². The van der Waals surface area contributed by atoms with Gasteiger partial charge in [-0.1, -0.05) is 0 Å². The van der Waals surface area contributed by atoms with Crippen LogP contribution in [-0.4, -0.2) is 9.97 Å². The molecule has 0 spiro atoms. The summed E-state index contributed by atoms with van der Waals surface area (Å²) in [5, 5.41) is 3.38. The standard InChI is InChI=1S/C12H14BrN3S/c1-7-4-5-10(17-7)8(2)14-12-6-11(13)15-9(3)16-12/h4-6,8H,1-3H3,(H,14,15,16). The second-order valence-electron chi connectivity index (χ2n) is 3.94. The molecule has 2 rings (SSSR count). The van der Waals surface area contributed by atoms with Gasteiger partial charge in [-0.25, -0.2) is 9.97 Å². The molecule has 0 aromatic carbocycles. The zero-order chi connectivity index (χ0) is 12.4. The summed E-state index contributed by atoms with van der Waals surface area (Å²) in [4.78, 5) is 11.2. The van der Waals surface area contributed by atoms with Gasteiger partial charge in [-0.3, -0.25) is 0 Å². The van der Waals surface area contributed by atoms with E-state index in [1.807, 2.05) is 13.0 Å². The minimum absolute atomic E-state index is 0.259. The second-order valence-corrected chi connectivity index (χ2v) is 6.07. The Bertz CT molecular complexity index is 504. The van der Waals surface area contributed by atoms with Crippen LogP contribution in [0.25, 0.3) is 0 Å². The van der Waals surface area contributed by atoms with Gasteiger partial charge in [0.05, 0.1) is 6.04 Å². The molecule has 1 N–H and O–H groups in total.